The van der Waals surface area contributed by atoms with Gasteiger partial charge >= 0.3 is 6.03 Å². The van der Waals surface area contributed by atoms with Crippen LogP contribution in [0.2, 0.25) is 0 Å². The number of amides is 3. The average Bonchev–Trinajstić information content (AvgIpc) is 3.48. The highest BCUT2D eigenvalue weighted by Crippen LogP contribution is 2.36. The standard InChI is InChI=1S/C22H32N6O3/c1-14(2)27-7-8-28(22(27)30)18-6-5-15(9-18)16-10-20(23-12-16)24-21(29)19-11-17(13-31-4)25-26(19)3/h10-11,14-15,18H,5-9,12-13H2,1-4H3,(H,23,24,29)/t15-,18+/m1/s1. The molecule has 2 fully saturated rings. The van der Waals surface area contributed by atoms with E-state index in [4.69, 9.17) is 4.74 Å². The molecule has 0 spiro atoms. The predicted octanol–water partition coefficient (Wildman–Crippen LogP) is 1.95. The molecule has 1 N–H and O–H groups in total. The van der Waals surface area contributed by atoms with Gasteiger partial charge in [0.05, 0.1) is 18.8 Å². The third-order valence-electron chi connectivity index (χ3n) is 6.52. The lowest BCUT2D eigenvalue weighted by Crippen LogP contribution is -2.40. The zero-order valence-corrected chi connectivity index (χ0v) is 18.8. The normalized spacial score (nSPS) is 23.7. The molecule has 1 saturated carbocycles. The van der Waals surface area contributed by atoms with Gasteiger partial charge in [-0.15, -0.1) is 0 Å². The van der Waals surface area contributed by atoms with Gasteiger partial charge in [-0.25, -0.2) is 4.79 Å². The van der Waals surface area contributed by atoms with Crippen LogP contribution in [-0.4, -0.2) is 76.2 Å². The van der Waals surface area contributed by atoms with Gasteiger partial charge in [-0.3, -0.25) is 14.5 Å². The van der Waals surface area contributed by atoms with Crippen LogP contribution in [0.15, 0.2) is 22.7 Å². The van der Waals surface area contributed by atoms with Crippen LogP contribution >= 0.6 is 0 Å². The van der Waals surface area contributed by atoms with Crippen molar-refractivity contribution >= 4 is 17.8 Å². The van der Waals surface area contributed by atoms with Crippen molar-refractivity contribution in [3.63, 3.8) is 0 Å². The number of aliphatic imine (C=N–C) groups is 1. The minimum atomic E-state index is -0.227. The number of carbonyl (C=O) groups excluding carboxylic acids is 2. The van der Waals surface area contributed by atoms with Gasteiger partial charge in [-0.1, -0.05) is 0 Å². The van der Waals surface area contributed by atoms with Crippen LogP contribution in [0.5, 0.6) is 0 Å². The Hall–Kier alpha value is -2.68. The van der Waals surface area contributed by atoms with E-state index in [-0.39, 0.29) is 18.0 Å². The van der Waals surface area contributed by atoms with Crippen molar-refractivity contribution in [2.45, 2.75) is 51.8 Å². The molecule has 4 rings (SSSR count). The number of hydrogen-bond donors (Lipinski definition) is 1. The number of hydrogen-bond acceptors (Lipinski definition) is 5. The second-order valence-corrected chi connectivity index (χ2v) is 8.88. The lowest BCUT2D eigenvalue weighted by Gasteiger charge is -2.26. The Labute approximate surface area is 183 Å². The highest BCUT2D eigenvalue weighted by Gasteiger charge is 2.39. The molecular formula is C22H32N6O3. The highest BCUT2D eigenvalue weighted by atomic mass is 16.5. The maximum absolute atomic E-state index is 12.7. The van der Waals surface area contributed by atoms with Gasteiger partial charge in [-0.2, -0.15) is 5.10 Å². The van der Waals surface area contributed by atoms with E-state index < -0.39 is 0 Å². The number of ether oxygens (including phenoxy) is 1. The fourth-order valence-corrected chi connectivity index (χ4v) is 4.87. The van der Waals surface area contributed by atoms with E-state index in [0.717, 1.165) is 32.4 Å². The van der Waals surface area contributed by atoms with Crippen LogP contribution in [0.3, 0.4) is 0 Å². The number of urea groups is 1. The van der Waals surface area contributed by atoms with Crippen molar-refractivity contribution in [3.8, 4) is 0 Å². The van der Waals surface area contributed by atoms with Gasteiger partial charge in [0.1, 0.15) is 11.5 Å². The summed E-state index contributed by atoms with van der Waals surface area (Å²) < 4.78 is 6.64. The van der Waals surface area contributed by atoms with Crippen molar-refractivity contribution in [1.82, 2.24) is 24.9 Å². The zero-order chi connectivity index (χ0) is 22.1. The number of rotatable bonds is 6. The Morgan fingerprint density at radius 3 is 2.84 bits per heavy atom. The Kier molecular flexibility index (Phi) is 6.13. The number of carbonyl (C=O) groups is 2. The van der Waals surface area contributed by atoms with E-state index in [9.17, 15) is 9.59 Å². The fraction of sp³-hybridized carbons (Fsp3) is 0.636. The van der Waals surface area contributed by atoms with E-state index in [2.05, 4.69) is 34.2 Å². The predicted molar refractivity (Wildman–Crippen MR) is 117 cm³/mol. The van der Waals surface area contributed by atoms with Crippen molar-refractivity contribution in [2.24, 2.45) is 18.0 Å². The van der Waals surface area contributed by atoms with Crippen molar-refractivity contribution in [3.05, 3.63) is 29.1 Å². The van der Waals surface area contributed by atoms with Crippen molar-refractivity contribution < 1.29 is 14.3 Å². The Morgan fingerprint density at radius 1 is 1.32 bits per heavy atom. The average molecular weight is 429 g/mol. The summed E-state index contributed by atoms with van der Waals surface area (Å²) in [6.07, 6.45) is 5.06. The number of amidine groups is 1. The number of methoxy groups -OCH3 is 1. The van der Waals surface area contributed by atoms with Crippen molar-refractivity contribution in [2.75, 3.05) is 26.7 Å². The lowest BCUT2D eigenvalue weighted by atomic mass is 9.97. The monoisotopic (exact) mass is 428 g/mol. The highest BCUT2D eigenvalue weighted by molar-refractivity contribution is 6.10. The molecule has 168 valence electrons. The smallest absolute Gasteiger partial charge is 0.320 e. The fourth-order valence-electron chi connectivity index (χ4n) is 4.87. The molecule has 1 aliphatic carbocycles. The minimum Gasteiger partial charge on any atom is -0.378 e. The number of aromatic nitrogens is 2. The molecule has 1 saturated heterocycles. The molecule has 1 aromatic heterocycles. The Balaban J connectivity index is 1.34. The molecule has 2 aliphatic heterocycles. The number of aryl methyl sites for hydroxylation is 1. The van der Waals surface area contributed by atoms with E-state index in [1.807, 2.05) is 11.0 Å². The third kappa shape index (κ3) is 4.37. The summed E-state index contributed by atoms with van der Waals surface area (Å²) >= 11 is 0. The number of nitrogens with one attached hydrogen (secondary N) is 1. The molecule has 3 heterocycles. The molecule has 1 aromatic rings. The summed E-state index contributed by atoms with van der Waals surface area (Å²) in [6, 6.07) is 2.45. The maximum atomic E-state index is 12.7. The van der Waals surface area contributed by atoms with Crippen LogP contribution in [0.1, 0.15) is 49.3 Å². The molecule has 9 heteroatoms. The van der Waals surface area contributed by atoms with Gasteiger partial charge in [-0.05, 0) is 56.7 Å². The molecule has 3 aliphatic rings. The molecule has 3 amide bonds. The van der Waals surface area contributed by atoms with Crippen LogP contribution in [0.25, 0.3) is 0 Å². The second kappa shape index (κ2) is 8.82. The van der Waals surface area contributed by atoms with Crippen LogP contribution < -0.4 is 5.32 Å². The van der Waals surface area contributed by atoms with Gasteiger partial charge in [0.15, 0.2) is 0 Å². The van der Waals surface area contributed by atoms with Crippen LogP contribution in [-0.2, 0) is 18.4 Å². The summed E-state index contributed by atoms with van der Waals surface area (Å²) in [7, 11) is 3.34. The lowest BCUT2D eigenvalue weighted by molar-refractivity contribution is 0.0968. The van der Waals surface area contributed by atoms with Gasteiger partial charge < -0.3 is 19.9 Å². The summed E-state index contributed by atoms with van der Waals surface area (Å²) in [5, 5.41) is 7.18. The molecule has 31 heavy (non-hydrogen) atoms. The summed E-state index contributed by atoms with van der Waals surface area (Å²) in [6.45, 7) is 6.75. The Bertz CT molecular complexity index is 918. The summed E-state index contributed by atoms with van der Waals surface area (Å²) in [5.41, 5.74) is 2.43. The first-order valence-electron chi connectivity index (χ1n) is 11.0. The molecule has 9 nitrogen and oxygen atoms in total. The maximum Gasteiger partial charge on any atom is 0.320 e. The third-order valence-corrected chi connectivity index (χ3v) is 6.52. The zero-order valence-electron chi connectivity index (χ0n) is 18.8. The first kappa shape index (κ1) is 21.5. The van der Waals surface area contributed by atoms with Crippen LogP contribution in [0.4, 0.5) is 4.79 Å². The van der Waals surface area contributed by atoms with E-state index >= 15 is 0 Å². The molecule has 2 atom stereocenters. The molecule has 0 aromatic carbocycles. The largest absolute Gasteiger partial charge is 0.378 e. The van der Waals surface area contributed by atoms with Gasteiger partial charge in [0.2, 0.25) is 0 Å². The number of nitrogens with zero attached hydrogens (tertiary/aromatic N) is 5. The first-order chi connectivity index (χ1) is 14.9. The molecule has 0 bridgehead atoms. The van der Waals surface area contributed by atoms with E-state index in [0.29, 0.717) is 42.3 Å². The second-order valence-electron chi connectivity index (χ2n) is 8.88. The minimum absolute atomic E-state index is 0.175. The van der Waals surface area contributed by atoms with E-state index in [1.165, 1.54) is 5.57 Å². The quantitative estimate of drug-likeness (QED) is 0.750. The first-order valence-corrected chi connectivity index (χ1v) is 11.0. The van der Waals surface area contributed by atoms with Gasteiger partial charge in [0, 0.05) is 39.3 Å². The van der Waals surface area contributed by atoms with Crippen molar-refractivity contribution in [1.29, 1.82) is 0 Å². The SMILES string of the molecule is COCc1cc(C(=O)NC2=NCC([C@@H]3CC[C@H](N4CCN(C(C)C)C4=O)C3)=C2)n(C)n1. The van der Waals surface area contributed by atoms with E-state index in [1.54, 1.807) is 24.9 Å². The summed E-state index contributed by atoms with van der Waals surface area (Å²) in [5.74, 6) is 0.782. The summed E-state index contributed by atoms with van der Waals surface area (Å²) in [4.78, 5) is 33.9. The topological polar surface area (TPSA) is 92.1 Å². The molecule has 0 unspecified atom stereocenters. The van der Waals surface area contributed by atoms with Gasteiger partial charge in [0.25, 0.3) is 5.91 Å². The van der Waals surface area contributed by atoms with Crippen LogP contribution in [0, 0.1) is 5.92 Å². The Morgan fingerprint density at radius 2 is 2.13 bits per heavy atom. The molecular weight excluding hydrogens is 396 g/mol. The molecule has 0 radical (unpaired) electrons.